The van der Waals surface area contributed by atoms with E-state index in [4.69, 9.17) is 9.47 Å². The van der Waals surface area contributed by atoms with Gasteiger partial charge in [0.1, 0.15) is 0 Å². The number of ether oxygens (including phenoxy) is 2. The fourth-order valence-electron chi connectivity index (χ4n) is 5.99. The number of amides is 2. The van der Waals surface area contributed by atoms with E-state index in [0.717, 1.165) is 51.4 Å². The summed E-state index contributed by atoms with van der Waals surface area (Å²) < 4.78 is 54.1. The summed E-state index contributed by atoms with van der Waals surface area (Å²) in [6.07, 6.45) is 0.708. The van der Waals surface area contributed by atoms with Crippen LogP contribution < -0.4 is 20.3 Å². The summed E-state index contributed by atoms with van der Waals surface area (Å²) in [5, 5.41) is 13.7. The first-order valence-corrected chi connectivity index (χ1v) is 16.3. The number of alkyl halides is 3. The summed E-state index contributed by atoms with van der Waals surface area (Å²) in [5.41, 5.74) is -0.245. The van der Waals surface area contributed by atoms with Crippen LogP contribution in [0.4, 0.5) is 24.5 Å². The van der Waals surface area contributed by atoms with E-state index in [-0.39, 0.29) is 24.1 Å². The van der Waals surface area contributed by atoms with Gasteiger partial charge in [0.05, 0.1) is 54.2 Å². The van der Waals surface area contributed by atoms with Crippen LogP contribution >= 0.6 is 0 Å². The Balaban J connectivity index is 1.20. The summed E-state index contributed by atoms with van der Waals surface area (Å²) in [4.78, 5) is 37.0. The molecule has 258 valence electrons. The number of morpholine rings is 1. The van der Waals surface area contributed by atoms with Gasteiger partial charge in [-0.1, -0.05) is 5.21 Å². The predicted molar refractivity (Wildman–Crippen MR) is 171 cm³/mol. The first-order valence-electron chi connectivity index (χ1n) is 16.3. The molecule has 3 aromatic rings. The lowest BCUT2D eigenvalue weighted by Crippen LogP contribution is -2.47. The van der Waals surface area contributed by atoms with Crippen molar-refractivity contribution in [2.45, 2.75) is 38.4 Å². The van der Waals surface area contributed by atoms with Crippen LogP contribution in [-0.4, -0.2) is 120 Å². The maximum absolute atomic E-state index is 14.0. The number of benzene rings is 1. The zero-order valence-corrected chi connectivity index (χ0v) is 26.8. The van der Waals surface area contributed by atoms with Crippen LogP contribution in [0.25, 0.3) is 5.69 Å². The van der Waals surface area contributed by atoms with Gasteiger partial charge in [0.25, 0.3) is 11.8 Å². The molecule has 0 unspecified atom stereocenters. The topological polar surface area (TPSA) is 130 Å². The molecule has 16 heteroatoms. The molecule has 13 nitrogen and oxygen atoms in total. The number of pyridine rings is 1. The molecule has 2 amide bonds. The third-order valence-corrected chi connectivity index (χ3v) is 8.70. The highest BCUT2D eigenvalue weighted by Gasteiger charge is 2.37. The molecule has 0 spiro atoms. The van der Waals surface area contributed by atoms with E-state index in [2.05, 4.69) is 40.6 Å². The summed E-state index contributed by atoms with van der Waals surface area (Å²) in [6, 6.07) is 6.54. The third kappa shape index (κ3) is 8.22. The van der Waals surface area contributed by atoms with Crippen LogP contribution in [0.1, 0.15) is 52.6 Å². The molecular formula is C32H40F3N9O4. The second-order valence-corrected chi connectivity index (χ2v) is 12.0. The van der Waals surface area contributed by atoms with Gasteiger partial charge < -0.3 is 25.0 Å². The smallest absolute Gasteiger partial charge is 0.417 e. The Hall–Kier alpha value is -4.28. The van der Waals surface area contributed by atoms with E-state index >= 15 is 0 Å². The summed E-state index contributed by atoms with van der Waals surface area (Å²) in [6.45, 7) is 9.33. The average Bonchev–Trinajstić information content (AvgIpc) is 3.82. The number of carbonyl (C=O) groups is 2. The van der Waals surface area contributed by atoms with Crippen LogP contribution in [-0.2, 0) is 10.9 Å². The number of nitrogens with one attached hydrogen (secondary N) is 2. The van der Waals surface area contributed by atoms with Gasteiger partial charge in [-0.25, -0.2) is 9.67 Å². The standard InChI is InChI=1S/C32H40F3N9O4/c1-2-48-29-19-25(32(33,34)35)24(20-37-29)30(45)38-26-18-23(6-7-28(26)43-12-10-42(11-13-43)22-4-5-22)44-21-27(39-40-44)31(46)36-8-3-9-41-14-16-47-17-15-41/h6-7,18-22H,2-5,8-17H2,1H3,(H,36,46)(H,38,45). The van der Waals surface area contributed by atoms with Gasteiger partial charge in [-0.15, -0.1) is 5.10 Å². The van der Waals surface area contributed by atoms with E-state index in [1.54, 1.807) is 25.1 Å². The van der Waals surface area contributed by atoms with Crippen LogP contribution in [0.15, 0.2) is 36.7 Å². The molecule has 0 radical (unpaired) electrons. The monoisotopic (exact) mass is 671 g/mol. The number of halogens is 3. The van der Waals surface area contributed by atoms with Gasteiger partial charge >= 0.3 is 6.18 Å². The van der Waals surface area contributed by atoms with Crippen molar-refractivity contribution in [3.8, 4) is 11.6 Å². The third-order valence-electron chi connectivity index (χ3n) is 8.70. The number of nitrogens with zero attached hydrogens (tertiary/aromatic N) is 7. The molecule has 48 heavy (non-hydrogen) atoms. The van der Waals surface area contributed by atoms with Gasteiger partial charge in [-0.2, -0.15) is 13.2 Å². The van der Waals surface area contributed by atoms with Crippen molar-refractivity contribution in [3.63, 3.8) is 0 Å². The van der Waals surface area contributed by atoms with Gasteiger partial charge in [-0.05, 0) is 50.9 Å². The molecule has 3 fully saturated rings. The molecule has 1 saturated carbocycles. The number of hydrogen-bond acceptors (Lipinski definition) is 10. The highest BCUT2D eigenvalue weighted by molar-refractivity contribution is 6.07. The average molecular weight is 672 g/mol. The van der Waals surface area contributed by atoms with Crippen molar-refractivity contribution in [1.82, 2.24) is 35.1 Å². The minimum Gasteiger partial charge on any atom is -0.478 e. The van der Waals surface area contributed by atoms with Crippen molar-refractivity contribution in [1.29, 1.82) is 0 Å². The maximum atomic E-state index is 14.0. The van der Waals surface area contributed by atoms with Gasteiger partial charge in [0.15, 0.2) is 5.69 Å². The molecular weight excluding hydrogens is 631 g/mol. The largest absolute Gasteiger partial charge is 0.478 e. The van der Waals surface area contributed by atoms with Crippen molar-refractivity contribution in [2.24, 2.45) is 0 Å². The van der Waals surface area contributed by atoms with E-state index in [1.165, 1.54) is 23.7 Å². The van der Waals surface area contributed by atoms with Crippen LogP contribution in [0.3, 0.4) is 0 Å². The van der Waals surface area contributed by atoms with Crippen LogP contribution in [0.5, 0.6) is 5.88 Å². The second kappa shape index (κ2) is 14.9. The molecule has 3 aliphatic rings. The Kier molecular flexibility index (Phi) is 10.4. The molecule has 6 rings (SSSR count). The number of carbonyl (C=O) groups excluding carboxylic acids is 2. The highest BCUT2D eigenvalue weighted by Crippen LogP contribution is 2.36. The number of hydrogen-bond donors (Lipinski definition) is 2. The zero-order chi connectivity index (χ0) is 33.7. The Labute approximate surface area is 276 Å². The summed E-state index contributed by atoms with van der Waals surface area (Å²) in [5.74, 6) is -1.56. The fourth-order valence-corrected chi connectivity index (χ4v) is 5.99. The fraction of sp³-hybridized carbons (Fsp3) is 0.531. The minimum atomic E-state index is -4.81. The first kappa shape index (κ1) is 33.6. The number of aromatic nitrogens is 4. The number of anilines is 2. The molecule has 0 atom stereocenters. The van der Waals surface area contributed by atoms with Crippen LogP contribution in [0.2, 0.25) is 0 Å². The molecule has 1 aliphatic carbocycles. The van der Waals surface area contributed by atoms with Crippen molar-refractivity contribution >= 4 is 23.2 Å². The highest BCUT2D eigenvalue weighted by atomic mass is 19.4. The van der Waals surface area contributed by atoms with Gasteiger partial charge in [0.2, 0.25) is 5.88 Å². The Morgan fingerprint density at radius 1 is 1.04 bits per heavy atom. The number of piperazine rings is 1. The molecule has 1 aromatic carbocycles. The van der Waals surface area contributed by atoms with Crippen molar-refractivity contribution in [3.05, 3.63) is 53.5 Å². The lowest BCUT2D eigenvalue weighted by Gasteiger charge is -2.37. The predicted octanol–water partition coefficient (Wildman–Crippen LogP) is 3.07. The quantitative estimate of drug-likeness (QED) is 0.277. The SMILES string of the molecule is CCOc1cc(C(F)(F)F)c(C(=O)Nc2cc(-n3cc(C(=O)NCCCN4CCOCC4)nn3)ccc2N2CCN(C3CC3)CC2)cn1. The van der Waals surface area contributed by atoms with E-state index in [9.17, 15) is 22.8 Å². The summed E-state index contributed by atoms with van der Waals surface area (Å²) in [7, 11) is 0. The van der Waals surface area contributed by atoms with Crippen molar-refractivity contribution < 1.29 is 32.2 Å². The van der Waals surface area contributed by atoms with Gasteiger partial charge in [-0.3, -0.25) is 19.4 Å². The Morgan fingerprint density at radius 2 is 1.81 bits per heavy atom. The first-order chi connectivity index (χ1) is 23.2. The lowest BCUT2D eigenvalue weighted by atomic mass is 10.1. The zero-order valence-electron chi connectivity index (χ0n) is 26.8. The molecule has 2 N–H and O–H groups in total. The van der Waals surface area contributed by atoms with E-state index < -0.39 is 23.2 Å². The summed E-state index contributed by atoms with van der Waals surface area (Å²) >= 11 is 0. The van der Waals surface area contributed by atoms with E-state index in [1.807, 2.05) is 0 Å². The van der Waals surface area contributed by atoms with Gasteiger partial charge in [0, 0.05) is 64.1 Å². The van der Waals surface area contributed by atoms with Crippen LogP contribution in [0, 0.1) is 0 Å². The maximum Gasteiger partial charge on any atom is 0.417 e. The van der Waals surface area contributed by atoms with E-state index in [0.29, 0.717) is 56.0 Å². The Bertz CT molecular complexity index is 1580. The second-order valence-electron chi connectivity index (χ2n) is 12.0. The lowest BCUT2D eigenvalue weighted by molar-refractivity contribution is -0.138. The molecule has 2 aliphatic heterocycles. The number of rotatable bonds is 12. The minimum absolute atomic E-state index is 0.113. The molecule has 4 heterocycles. The molecule has 0 bridgehead atoms. The normalized spacial score (nSPS) is 17.7. The molecule has 2 saturated heterocycles. The Morgan fingerprint density at radius 3 is 2.52 bits per heavy atom. The molecule has 2 aromatic heterocycles. The van der Waals surface area contributed by atoms with Crippen molar-refractivity contribution in [2.75, 3.05) is 82.4 Å².